The quantitative estimate of drug-likeness (QED) is 0.645. The summed E-state index contributed by atoms with van der Waals surface area (Å²) >= 11 is 1.76. The van der Waals surface area contributed by atoms with Gasteiger partial charge < -0.3 is 0 Å². The lowest BCUT2D eigenvalue weighted by Gasteiger charge is -2.10. The molecule has 0 saturated carbocycles. The van der Waals surface area contributed by atoms with Crippen molar-refractivity contribution in [1.29, 1.82) is 0 Å². The van der Waals surface area contributed by atoms with Gasteiger partial charge in [0.05, 0.1) is 16.6 Å². The number of pyridine rings is 1. The van der Waals surface area contributed by atoms with Crippen molar-refractivity contribution in [2.75, 3.05) is 0 Å². The Morgan fingerprint density at radius 3 is 3.24 bits per heavy atom. The van der Waals surface area contributed by atoms with E-state index in [0.29, 0.717) is 0 Å². The fourth-order valence-electron chi connectivity index (χ4n) is 2.59. The van der Waals surface area contributed by atoms with Crippen LogP contribution in [-0.2, 0) is 12.3 Å². The second kappa shape index (κ2) is 3.44. The van der Waals surface area contributed by atoms with Crippen molar-refractivity contribution in [3.8, 4) is 0 Å². The van der Waals surface area contributed by atoms with Crippen LogP contribution in [0.25, 0.3) is 17.0 Å². The maximum atomic E-state index is 4.55. The Kier molecular flexibility index (Phi) is 1.91. The molecule has 0 N–H and O–H groups in total. The van der Waals surface area contributed by atoms with E-state index in [1.165, 1.54) is 22.0 Å². The number of nitrogens with zero attached hydrogens (tertiary/aromatic N) is 2. The minimum absolute atomic E-state index is 0.962. The zero-order chi connectivity index (χ0) is 11.2. The maximum absolute atomic E-state index is 4.55. The molecule has 0 saturated heterocycles. The molecule has 0 aliphatic carbocycles. The summed E-state index contributed by atoms with van der Waals surface area (Å²) in [5.74, 6) is 1.01. The highest BCUT2D eigenvalue weighted by atomic mass is 32.2. The Hall–Kier alpha value is -1.61. The van der Waals surface area contributed by atoms with Gasteiger partial charge in [0, 0.05) is 17.4 Å². The van der Waals surface area contributed by atoms with Crippen LogP contribution in [-0.4, -0.2) is 5.55 Å². The Morgan fingerprint density at radius 2 is 2.24 bits per heavy atom. The summed E-state index contributed by atoms with van der Waals surface area (Å²) < 4.78 is 2.31. The van der Waals surface area contributed by atoms with Crippen LogP contribution in [0.2, 0.25) is 0 Å². The van der Waals surface area contributed by atoms with Crippen molar-refractivity contribution in [1.82, 2.24) is 0 Å². The maximum Gasteiger partial charge on any atom is 0.222 e. The van der Waals surface area contributed by atoms with E-state index in [1.807, 2.05) is 5.55 Å². The van der Waals surface area contributed by atoms with Crippen molar-refractivity contribution < 1.29 is 4.57 Å². The number of aliphatic imine (C=N–C) groups is 1. The van der Waals surface area contributed by atoms with Gasteiger partial charge in [0.1, 0.15) is 0 Å². The summed E-state index contributed by atoms with van der Waals surface area (Å²) in [6.45, 7) is 0.962. The Morgan fingerprint density at radius 1 is 1.24 bits per heavy atom. The second-order valence-corrected chi connectivity index (χ2v) is 5.17. The molecule has 0 spiro atoms. The molecule has 0 amide bonds. The Bertz CT molecular complexity index is 686. The van der Waals surface area contributed by atoms with Gasteiger partial charge in [-0.2, -0.15) is 4.57 Å². The zero-order valence-electron chi connectivity index (χ0n) is 9.26. The largest absolute Gasteiger partial charge is 0.249 e. The molecule has 4 rings (SSSR count). The highest BCUT2D eigenvalue weighted by Crippen LogP contribution is 2.34. The molecule has 17 heavy (non-hydrogen) atoms. The smallest absolute Gasteiger partial charge is 0.222 e. The Balaban J connectivity index is 2.25. The van der Waals surface area contributed by atoms with E-state index < -0.39 is 0 Å². The van der Waals surface area contributed by atoms with E-state index in [9.17, 15) is 0 Å². The third kappa shape index (κ3) is 1.29. The fraction of sp³-hybridized carbons (Fsp3) is 0.143. The minimum Gasteiger partial charge on any atom is -0.249 e. The average Bonchev–Trinajstić information content (AvgIpc) is 2.59. The first-order valence-electron chi connectivity index (χ1n) is 5.72. The summed E-state index contributed by atoms with van der Waals surface area (Å²) in [5, 5.41) is 1.33. The van der Waals surface area contributed by atoms with Gasteiger partial charge in [-0.1, -0.05) is 0 Å². The first-order valence-corrected chi connectivity index (χ1v) is 6.77. The number of hydrogen-bond donors (Lipinski definition) is 0. The van der Waals surface area contributed by atoms with Gasteiger partial charge in [0.2, 0.25) is 5.52 Å². The standard InChI is InChI=1S/C14H11N2S/c1-2-10-3-4-12-13-11(8-17-9-15-12)5-7-16(6-1)14(10)13/h1-5,7,9H,6,8H2/q+1. The molecule has 0 atom stereocenters. The summed E-state index contributed by atoms with van der Waals surface area (Å²) in [6, 6.07) is 6.53. The highest BCUT2D eigenvalue weighted by molar-refractivity contribution is 8.11. The highest BCUT2D eigenvalue weighted by Gasteiger charge is 2.21. The van der Waals surface area contributed by atoms with Gasteiger partial charge in [-0.3, -0.25) is 0 Å². The molecular formula is C14H11N2S+. The van der Waals surface area contributed by atoms with Crippen LogP contribution in [0.3, 0.4) is 0 Å². The molecule has 82 valence electrons. The molecule has 2 aromatic rings. The normalized spacial score (nSPS) is 16.2. The van der Waals surface area contributed by atoms with Crippen LogP contribution in [0.15, 0.2) is 35.5 Å². The molecule has 3 heterocycles. The van der Waals surface area contributed by atoms with Gasteiger partial charge >= 0.3 is 0 Å². The summed E-state index contributed by atoms with van der Waals surface area (Å²) in [5.41, 5.74) is 7.10. The lowest BCUT2D eigenvalue weighted by atomic mass is 10.0. The molecule has 1 aromatic carbocycles. The van der Waals surface area contributed by atoms with Crippen molar-refractivity contribution in [2.24, 2.45) is 4.99 Å². The first kappa shape index (κ1) is 9.42. The van der Waals surface area contributed by atoms with Gasteiger partial charge in [0.15, 0.2) is 12.7 Å². The van der Waals surface area contributed by atoms with Crippen molar-refractivity contribution in [2.45, 2.75) is 12.3 Å². The average molecular weight is 239 g/mol. The van der Waals surface area contributed by atoms with E-state index in [2.05, 4.69) is 46.1 Å². The summed E-state index contributed by atoms with van der Waals surface area (Å²) in [6.07, 6.45) is 6.61. The summed E-state index contributed by atoms with van der Waals surface area (Å²) in [4.78, 5) is 4.55. The molecule has 0 radical (unpaired) electrons. The summed E-state index contributed by atoms with van der Waals surface area (Å²) in [7, 11) is 0. The third-order valence-electron chi connectivity index (χ3n) is 3.36. The van der Waals surface area contributed by atoms with Gasteiger partial charge in [0.25, 0.3) is 0 Å². The molecule has 0 unspecified atom stereocenters. The van der Waals surface area contributed by atoms with Gasteiger partial charge in [-0.25, -0.2) is 4.99 Å². The molecule has 1 aromatic heterocycles. The van der Waals surface area contributed by atoms with E-state index in [4.69, 9.17) is 0 Å². The number of allylic oxidation sites excluding steroid dienone is 1. The third-order valence-corrected chi connectivity index (χ3v) is 4.09. The van der Waals surface area contributed by atoms with Crippen LogP contribution >= 0.6 is 11.8 Å². The topological polar surface area (TPSA) is 16.2 Å². The predicted molar refractivity (Wildman–Crippen MR) is 72.6 cm³/mol. The first-order chi connectivity index (χ1) is 8.43. The van der Waals surface area contributed by atoms with Gasteiger partial charge in [-0.15, -0.1) is 11.8 Å². The molecule has 2 nitrogen and oxygen atoms in total. The molecule has 3 heteroatoms. The van der Waals surface area contributed by atoms with Gasteiger partial charge in [-0.05, 0) is 29.8 Å². The number of rotatable bonds is 0. The van der Waals surface area contributed by atoms with Crippen LogP contribution in [0.4, 0.5) is 5.69 Å². The predicted octanol–water partition coefficient (Wildman–Crippen LogP) is 3.06. The van der Waals surface area contributed by atoms with E-state index in [1.54, 1.807) is 11.8 Å². The molecule has 0 bridgehead atoms. The van der Waals surface area contributed by atoms with E-state index >= 15 is 0 Å². The molecular weight excluding hydrogens is 228 g/mol. The lowest BCUT2D eigenvalue weighted by Crippen LogP contribution is -2.35. The van der Waals surface area contributed by atoms with E-state index in [-0.39, 0.29) is 0 Å². The Labute approximate surface area is 104 Å². The molecule has 0 fully saturated rings. The minimum atomic E-state index is 0.962. The SMILES string of the molecule is C1=Cc2ccc3c4c(cc[n+](c24)C1)CSC=N3. The molecule has 2 aliphatic rings. The van der Waals surface area contributed by atoms with Crippen LogP contribution in [0.5, 0.6) is 0 Å². The molecule has 2 aliphatic heterocycles. The van der Waals surface area contributed by atoms with Crippen molar-refractivity contribution in [3.05, 3.63) is 41.6 Å². The fourth-order valence-corrected chi connectivity index (χ4v) is 3.27. The number of thioether (sulfide) groups is 1. The van der Waals surface area contributed by atoms with E-state index in [0.717, 1.165) is 18.0 Å². The second-order valence-electron chi connectivity index (χ2n) is 4.34. The number of benzene rings is 1. The lowest BCUT2D eigenvalue weighted by molar-refractivity contribution is -0.661. The number of aromatic nitrogens is 1. The van der Waals surface area contributed by atoms with Crippen LogP contribution in [0.1, 0.15) is 11.1 Å². The van der Waals surface area contributed by atoms with Crippen LogP contribution < -0.4 is 4.57 Å². The zero-order valence-corrected chi connectivity index (χ0v) is 10.1. The van der Waals surface area contributed by atoms with Crippen molar-refractivity contribution in [3.63, 3.8) is 0 Å². The van der Waals surface area contributed by atoms with Crippen LogP contribution in [0, 0.1) is 0 Å². The van der Waals surface area contributed by atoms with Crippen molar-refractivity contribution >= 4 is 40.0 Å². The monoisotopic (exact) mass is 239 g/mol. The number of hydrogen-bond acceptors (Lipinski definition) is 2.